The fourth-order valence-corrected chi connectivity index (χ4v) is 2.09. The van der Waals surface area contributed by atoms with Crippen molar-refractivity contribution in [1.29, 1.82) is 0 Å². The lowest BCUT2D eigenvalue weighted by Crippen LogP contribution is -1.71. The summed E-state index contributed by atoms with van der Waals surface area (Å²) in [4.78, 5) is 11.6. The van der Waals surface area contributed by atoms with Gasteiger partial charge in [-0.3, -0.25) is 0 Å². The van der Waals surface area contributed by atoms with Crippen LogP contribution in [0.1, 0.15) is 0 Å². The number of aromatic amines is 1. The Kier molecular flexibility index (Phi) is 2.23. The summed E-state index contributed by atoms with van der Waals surface area (Å²) in [6.07, 6.45) is 3.77. The van der Waals surface area contributed by atoms with Crippen LogP contribution in [0.5, 0.6) is 0 Å². The molecule has 0 saturated heterocycles. The zero-order valence-corrected chi connectivity index (χ0v) is 8.08. The molecule has 1 N–H and O–H groups in total. The number of aromatic nitrogens is 3. The Bertz CT molecular complexity index is 352. The number of imidazole rings is 1. The van der Waals surface area contributed by atoms with Gasteiger partial charge in [0.1, 0.15) is 0 Å². The lowest BCUT2D eigenvalue weighted by Gasteiger charge is -1.85. The number of nitrogens with zero attached hydrogens (tertiary/aromatic N) is 2. The molecule has 0 aliphatic heterocycles. The van der Waals surface area contributed by atoms with Crippen molar-refractivity contribution in [1.82, 2.24) is 15.0 Å². The molecule has 2 aromatic heterocycles. The maximum absolute atomic E-state index is 4.28. The smallest absolute Gasteiger partial charge is 0.178 e. The van der Waals surface area contributed by atoms with Gasteiger partial charge >= 0.3 is 0 Å². The lowest BCUT2D eigenvalue weighted by molar-refractivity contribution is 1.08. The number of hydrogen-bond acceptors (Lipinski definition) is 4. The van der Waals surface area contributed by atoms with E-state index in [4.69, 9.17) is 0 Å². The standard InChI is InChI=1S/C7H7N3S2/c1-11-12-7-9-5-3-2-4-8-6(5)10-7/h2-4H,1H3,(H,8,9,10). The quantitative estimate of drug-likeness (QED) is 0.750. The van der Waals surface area contributed by atoms with E-state index in [0.29, 0.717) is 0 Å². The Morgan fingerprint density at radius 3 is 3.17 bits per heavy atom. The van der Waals surface area contributed by atoms with Crippen LogP contribution >= 0.6 is 21.6 Å². The molecule has 0 unspecified atom stereocenters. The van der Waals surface area contributed by atoms with Gasteiger partial charge in [0.2, 0.25) is 0 Å². The number of rotatable bonds is 2. The van der Waals surface area contributed by atoms with E-state index >= 15 is 0 Å². The van der Waals surface area contributed by atoms with Gasteiger partial charge in [-0.2, -0.15) is 0 Å². The molecule has 0 amide bonds. The second kappa shape index (κ2) is 3.37. The summed E-state index contributed by atoms with van der Waals surface area (Å²) in [5.41, 5.74) is 1.78. The SMILES string of the molecule is CSSc1nc2ncccc2[nH]1. The third kappa shape index (κ3) is 1.42. The Morgan fingerprint density at radius 1 is 1.50 bits per heavy atom. The fourth-order valence-electron chi connectivity index (χ4n) is 0.941. The van der Waals surface area contributed by atoms with Gasteiger partial charge in [-0.1, -0.05) is 10.8 Å². The predicted octanol–water partition coefficient (Wildman–Crippen LogP) is 2.33. The summed E-state index contributed by atoms with van der Waals surface area (Å²) in [5, 5.41) is 0.913. The van der Waals surface area contributed by atoms with Gasteiger partial charge in [0, 0.05) is 6.20 Å². The van der Waals surface area contributed by atoms with Crippen LogP contribution in [0.2, 0.25) is 0 Å². The maximum atomic E-state index is 4.28. The zero-order chi connectivity index (χ0) is 8.39. The molecule has 2 heterocycles. The van der Waals surface area contributed by atoms with Gasteiger partial charge in [-0.25, -0.2) is 9.97 Å². The largest absolute Gasteiger partial charge is 0.331 e. The van der Waals surface area contributed by atoms with E-state index in [2.05, 4.69) is 15.0 Å². The van der Waals surface area contributed by atoms with Crippen molar-refractivity contribution in [2.24, 2.45) is 0 Å². The molecule has 0 spiro atoms. The predicted molar refractivity (Wildman–Crippen MR) is 53.3 cm³/mol. The van der Waals surface area contributed by atoms with E-state index < -0.39 is 0 Å². The fraction of sp³-hybridized carbons (Fsp3) is 0.143. The van der Waals surface area contributed by atoms with Gasteiger partial charge in [0.15, 0.2) is 10.8 Å². The maximum Gasteiger partial charge on any atom is 0.178 e. The van der Waals surface area contributed by atoms with E-state index in [0.717, 1.165) is 16.3 Å². The van der Waals surface area contributed by atoms with Crippen molar-refractivity contribution in [2.75, 3.05) is 6.26 Å². The van der Waals surface area contributed by atoms with Gasteiger partial charge in [0.25, 0.3) is 0 Å². The van der Waals surface area contributed by atoms with Gasteiger partial charge < -0.3 is 4.98 Å². The van der Waals surface area contributed by atoms with Gasteiger partial charge in [0.05, 0.1) is 5.52 Å². The average Bonchev–Trinajstić information content (AvgIpc) is 2.47. The summed E-state index contributed by atoms with van der Waals surface area (Å²) in [5.74, 6) is 0. The summed E-state index contributed by atoms with van der Waals surface area (Å²) in [6, 6.07) is 3.87. The van der Waals surface area contributed by atoms with Crippen molar-refractivity contribution < 1.29 is 0 Å². The molecule has 0 radical (unpaired) electrons. The Balaban J connectivity index is 2.47. The van der Waals surface area contributed by atoms with E-state index in [1.165, 1.54) is 0 Å². The molecule has 0 atom stereocenters. The summed E-state index contributed by atoms with van der Waals surface area (Å²) >= 11 is 0. The number of hydrogen-bond donors (Lipinski definition) is 1. The minimum atomic E-state index is 0.786. The van der Waals surface area contributed by atoms with Crippen LogP contribution in [0.3, 0.4) is 0 Å². The molecule has 0 aromatic carbocycles. The number of pyridine rings is 1. The highest BCUT2D eigenvalue weighted by atomic mass is 33.1. The number of fused-ring (bicyclic) bond motifs is 1. The highest BCUT2D eigenvalue weighted by molar-refractivity contribution is 8.76. The number of H-pyrrole nitrogens is 1. The second-order valence-corrected chi connectivity index (χ2v) is 4.55. The van der Waals surface area contributed by atoms with Crippen LogP contribution in [-0.2, 0) is 0 Å². The monoisotopic (exact) mass is 197 g/mol. The molecule has 0 aliphatic rings. The first-order valence-electron chi connectivity index (χ1n) is 3.41. The topological polar surface area (TPSA) is 41.6 Å². The zero-order valence-electron chi connectivity index (χ0n) is 6.44. The summed E-state index contributed by atoms with van der Waals surface area (Å²) < 4.78 is 0. The van der Waals surface area contributed by atoms with Gasteiger partial charge in [-0.15, -0.1) is 0 Å². The summed E-state index contributed by atoms with van der Waals surface area (Å²) in [6.45, 7) is 0. The van der Waals surface area contributed by atoms with Crippen molar-refractivity contribution in [2.45, 2.75) is 5.16 Å². The highest BCUT2D eigenvalue weighted by Crippen LogP contribution is 2.26. The molecule has 0 aliphatic carbocycles. The second-order valence-electron chi connectivity index (χ2n) is 2.17. The van der Waals surface area contributed by atoms with Crippen LogP contribution in [0.25, 0.3) is 11.2 Å². The van der Waals surface area contributed by atoms with Crippen LogP contribution in [0.15, 0.2) is 23.5 Å². The minimum Gasteiger partial charge on any atom is -0.331 e. The summed E-state index contributed by atoms with van der Waals surface area (Å²) in [7, 11) is 3.28. The Morgan fingerprint density at radius 2 is 2.42 bits per heavy atom. The Labute approximate surface area is 77.8 Å². The molecule has 12 heavy (non-hydrogen) atoms. The Hall–Kier alpha value is -0.680. The molecule has 0 fully saturated rings. The van der Waals surface area contributed by atoms with Crippen molar-refractivity contribution in [3.8, 4) is 0 Å². The van der Waals surface area contributed by atoms with E-state index in [1.54, 1.807) is 27.8 Å². The number of nitrogens with one attached hydrogen (secondary N) is 1. The van der Waals surface area contributed by atoms with Crippen LogP contribution in [0, 0.1) is 0 Å². The molecule has 5 heteroatoms. The molecule has 2 rings (SSSR count). The minimum absolute atomic E-state index is 0.786. The molecular formula is C7H7N3S2. The average molecular weight is 197 g/mol. The van der Waals surface area contributed by atoms with Crippen LogP contribution in [-0.4, -0.2) is 21.2 Å². The first-order valence-corrected chi connectivity index (χ1v) is 5.97. The van der Waals surface area contributed by atoms with Crippen LogP contribution in [0.4, 0.5) is 0 Å². The van der Waals surface area contributed by atoms with Gasteiger partial charge in [-0.05, 0) is 29.2 Å². The van der Waals surface area contributed by atoms with Crippen molar-refractivity contribution in [3.63, 3.8) is 0 Å². The third-order valence-electron chi connectivity index (χ3n) is 1.40. The van der Waals surface area contributed by atoms with Crippen LogP contribution < -0.4 is 0 Å². The molecular weight excluding hydrogens is 190 g/mol. The third-order valence-corrected chi connectivity index (χ3v) is 2.89. The van der Waals surface area contributed by atoms with E-state index in [1.807, 2.05) is 18.4 Å². The van der Waals surface area contributed by atoms with Crippen molar-refractivity contribution in [3.05, 3.63) is 18.3 Å². The normalized spacial score (nSPS) is 10.8. The lowest BCUT2D eigenvalue weighted by atomic mass is 10.4. The molecule has 62 valence electrons. The molecule has 2 aromatic rings. The first-order chi connectivity index (χ1) is 5.90. The highest BCUT2D eigenvalue weighted by Gasteiger charge is 2.01. The molecule has 0 bridgehead atoms. The molecule has 3 nitrogen and oxygen atoms in total. The molecule has 0 saturated carbocycles. The first kappa shape index (κ1) is 7.94. The van der Waals surface area contributed by atoms with E-state index in [-0.39, 0.29) is 0 Å². The van der Waals surface area contributed by atoms with Crippen molar-refractivity contribution >= 4 is 32.8 Å². The van der Waals surface area contributed by atoms with E-state index in [9.17, 15) is 0 Å².